The topological polar surface area (TPSA) is 75.9 Å². The van der Waals surface area contributed by atoms with Gasteiger partial charge in [-0.05, 0) is 18.1 Å². The van der Waals surface area contributed by atoms with Crippen LogP contribution in [0.3, 0.4) is 0 Å². The third-order valence-corrected chi connectivity index (χ3v) is 3.03. The van der Waals surface area contributed by atoms with Crippen molar-refractivity contribution in [3.63, 3.8) is 0 Å². The molecule has 6 heteroatoms. The summed E-state index contributed by atoms with van der Waals surface area (Å²) < 4.78 is 5.09. The van der Waals surface area contributed by atoms with Crippen LogP contribution in [-0.2, 0) is 9.53 Å². The fourth-order valence-electron chi connectivity index (χ4n) is 1.73. The van der Waals surface area contributed by atoms with Crippen LogP contribution in [0.5, 0.6) is 0 Å². The molecule has 108 valence electrons. The van der Waals surface area contributed by atoms with Crippen LogP contribution in [0.25, 0.3) is 11.0 Å². The number of nitriles is 1. The van der Waals surface area contributed by atoms with Crippen molar-refractivity contribution in [1.29, 1.82) is 5.26 Å². The number of carbonyl (C=O) groups excluding carboxylic acids is 1. The summed E-state index contributed by atoms with van der Waals surface area (Å²) in [5, 5.41) is 9.28. The summed E-state index contributed by atoms with van der Waals surface area (Å²) in [6, 6.07) is 9.00. The molecule has 0 spiro atoms. The molecule has 0 aliphatic rings. The summed E-state index contributed by atoms with van der Waals surface area (Å²) in [4.78, 5) is 20.4. The largest absolute Gasteiger partial charge is 0.464 e. The molecule has 0 fully saturated rings. The first kappa shape index (κ1) is 15.2. The number of benzene rings is 1. The minimum atomic E-state index is -1.17. The first-order valence-electron chi connectivity index (χ1n) is 6.51. The summed E-state index contributed by atoms with van der Waals surface area (Å²) in [5.74, 6) is -1.64. The Hall–Kier alpha value is -2.19. The Bertz CT molecular complexity index is 710. The number of aromatic nitrogens is 2. The van der Waals surface area contributed by atoms with Crippen molar-refractivity contribution in [1.82, 2.24) is 9.97 Å². The molecule has 2 aromatic rings. The maximum Gasteiger partial charge on any atom is 0.329 e. The van der Waals surface area contributed by atoms with E-state index in [1.165, 1.54) is 0 Å². The van der Waals surface area contributed by atoms with E-state index in [1.54, 1.807) is 18.2 Å². The lowest BCUT2D eigenvalue weighted by molar-refractivity contribution is -0.145. The van der Waals surface area contributed by atoms with Gasteiger partial charge in [-0.1, -0.05) is 37.6 Å². The van der Waals surface area contributed by atoms with Crippen LogP contribution in [-0.4, -0.2) is 22.5 Å². The molecule has 0 amide bonds. The maximum absolute atomic E-state index is 12.0. The number of nitrogens with zero attached hydrogens (tertiary/aromatic N) is 3. The second-order valence-corrected chi connectivity index (χ2v) is 5.33. The van der Waals surface area contributed by atoms with E-state index >= 15 is 0 Å². The van der Waals surface area contributed by atoms with Gasteiger partial charge in [0, 0.05) is 0 Å². The van der Waals surface area contributed by atoms with Crippen molar-refractivity contribution in [3.05, 3.63) is 35.1 Å². The van der Waals surface area contributed by atoms with E-state index in [0.29, 0.717) is 11.0 Å². The van der Waals surface area contributed by atoms with Crippen LogP contribution in [0.15, 0.2) is 24.3 Å². The fraction of sp³-hybridized carbons (Fsp3) is 0.333. The number of hydrogen-bond donors (Lipinski definition) is 0. The van der Waals surface area contributed by atoms with Crippen LogP contribution >= 0.6 is 11.6 Å². The average Bonchev–Trinajstić information content (AvgIpc) is 2.46. The van der Waals surface area contributed by atoms with Crippen molar-refractivity contribution in [2.45, 2.75) is 19.8 Å². The standard InChI is InChI=1S/C15H14ClN3O2/c1-9(2)8-21-15(20)10(7-17)13-14(16)19-12-6-4-3-5-11(12)18-13/h3-6,9-10H,8H2,1-2H3. The van der Waals surface area contributed by atoms with Gasteiger partial charge in [0.25, 0.3) is 0 Å². The van der Waals surface area contributed by atoms with E-state index in [0.717, 1.165) is 0 Å². The van der Waals surface area contributed by atoms with Gasteiger partial charge in [-0.2, -0.15) is 5.26 Å². The van der Waals surface area contributed by atoms with Crippen LogP contribution in [0.1, 0.15) is 25.5 Å². The third-order valence-electron chi connectivity index (χ3n) is 2.75. The summed E-state index contributed by atoms with van der Waals surface area (Å²) in [6.45, 7) is 4.07. The highest BCUT2D eigenvalue weighted by Gasteiger charge is 2.27. The SMILES string of the molecule is CC(C)COC(=O)C(C#N)c1nc2ccccc2nc1Cl. The smallest absolute Gasteiger partial charge is 0.329 e. The Kier molecular flexibility index (Phi) is 4.71. The van der Waals surface area contributed by atoms with Gasteiger partial charge in [0.15, 0.2) is 11.1 Å². The molecule has 0 saturated heterocycles. The number of halogens is 1. The molecule has 0 aliphatic carbocycles. The molecule has 2 rings (SSSR count). The second kappa shape index (κ2) is 6.51. The quantitative estimate of drug-likeness (QED) is 0.811. The highest BCUT2D eigenvalue weighted by molar-refractivity contribution is 6.30. The predicted molar refractivity (Wildman–Crippen MR) is 78.7 cm³/mol. The molecule has 1 aromatic carbocycles. The summed E-state index contributed by atoms with van der Waals surface area (Å²) in [7, 11) is 0. The summed E-state index contributed by atoms with van der Waals surface area (Å²) >= 11 is 6.05. The lowest BCUT2D eigenvalue weighted by Crippen LogP contribution is -2.19. The molecule has 5 nitrogen and oxygen atoms in total. The Labute approximate surface area is 127 Å². The van der Waals surface area contributed by atoms with Crippen molar-refractivity contribution >= 4 is 28.6 Å². The molecule has 0 N–H and O–H groups in total. The number of rotatable bonds is 4. The van der Waals surface area contributed by atoms with Gasteiger partial charge in [0.1, 0.15) is 5.69 Å². The number of hydrogen-bond acceptors (Lipinski definition) is 5. The van der Waals surface area contributed by atoms with Gasteiger partial charge < -0.3 is 4.74 Å². The minimum Gasteiger partial charge on any atom is -0.464 e. The van der Waals surface area contributed by atoms with Gasteiger partial charge >= 0.3 is 5.97 Å². The molecule has 1 unspecified atom stereocenters. The highest BCUT2D eigenvalue weighted by Crippen LogP contribution is 2.24. The molecular formula is C15H14ClN3O2. The normalized spacial score (nSPS) is 12.1. The number of ether oxygens (including phenoxy) is 1. The molecular weight excluding hydrogens is 290 g/mol. The van der Waals surface area contributed by atoms with Crippen LogP contribution in [0, 0.1) is 17.2 Å². The van der Waals surface area contributed by atoms with Gasteiger partial charge in [-0.15, -0.1) is 0 Å². The van der Waals surface area contributed by atoms with Gasteiger partial charge in [-0.25, -0.2) is 9.97 Å². The van der Waals surface area contributed by atoms with E-state index < -0.39 is 11.9 Å². The van der Waals surface area contributed by atoms with Crippen molar-refractivity contribution in [2.75, 3.05) is 6.61 Å². The van der Waals surface area contributed by atoms with Crippen LogP contribution in [0.2, 0.25) is 5.15 Å². The fourth-order valence-corrected chi connectivity index (χ4v) is 1.98. The summed E-state index contributed by atoms with van der Waals surface area (Å²) in [5.41, 5.74) is 1.32. The van der Waals surface area contributed by atoms with E-state index in [2.05, 4.69) is 9.97 Å². The predicted octanol–water partition coefficient (Wildman–Crippen LogP) is 3.09. The van der Waals surface area contributed by atoms with Gasteiger partial charge in [0.2, 0.25) is 0 Å². The molecule has 0 radical (unpaired) electrons. The lowest BCUT2D eigenvalue weighted by Gasteiger charge is -2.12. The third kappa shape index (κ3) is 3.47. The minimum absolute atomic E-state index is 0.0433. The molecule has 21 heavy (non-hydrogen) atoms. The first-order chi connectivity index (χ1) is 10.0. The van der Waals surface area contributed by atoms with E-state index in [4.69, 9.17) is 16.3 Å². The van der Waals surface area contributed by atoms with E-state index in [-0.39, 0.29) is 23.4 Å². The van der Waals surface area contributed by atoms with Crippen LogP contribution in [0.4, 0.5) is 0 Å². The second-order valence-electron chi connectivity index (χ2n) is 4.97. The van der Waals surface area contributed by atoms with E-state index in [1.807, 2.05) is 26.0 Å². The van der Waals surface area contributed by atoms with E-state index in [9.17, 15) is 10.1 Å². The number of para-hydroxylation sites is 2. The molecule has 0 saturated carbocycles. The molecule has 0 bridgehead atoms. The zero-order valence-electron chi connectivity index (χ0n) is 11.7. The first-order valence-corrected chi connectivity index (χ1v) is 6.89. The zero-order chi connectivity index (χ0) is 15.4. The van der Waals surface area contributed by atoms with Gasteiger partial charge in [-0.3, -0.25) is 4.79 Å². The zero-order valence-corrected chi connectivity index (χ0v) is 12.5. The maximum atomic E-state index is 12.0. The molecule has 1 atom stereocenters. The number of esters is 1. The summed E-state index contributed by atoms with van der Waals surface area (Å²) in [6.07, 6.45) is 0. The highest BCUT2D eigenvalue weighted by atomic mass is 35.5. The molecule has 0 aliphatic heterocycles. The van der Waals surface area contributed by atoms with Crippen molar-refractivity contribution in [2.24, 2.45) is 5.92 Å². The van der Waals surface area contributed by atoms with Crippen molar-refractivity contribution < 1.29 is 9.53 Å². The monoisotopic (exact) mass is 303 g/mol. The Morgan fingerprint density at radius 1 is 1.33 bits per heavy atom. The Morgan fingerprint density at radius 3 is 2.52 bits per heavy atom. The number of carbonyl (C=O) groups is 1. The number of fused-ring (bicyclic) bond motifs is 1. The molecule has 1 heterocycles. The Balaban J connectivity index is 2.36. The average molecular weight is 304 g/mol. The van der Waals surface area contributed by atoms with Crippen molar-refractivity contribution in [3.8, 4) is 6.07 Å². The molecule has 1 aromatic heterocycles. The Morgan fingerprint density at radius 2 is 1.95 bits per heavy atom. The van der Waals surface area contributed by atoms with Gasteiger partial charge in [0.05, 0.1) is 23.7 Å². The van der Waals surface area contributed by atoms with Crippen LogP contribution < -0.4 is 0 Å². The lowest BCUT2D eigenvalue weighted by atomic mass is 10.1.